The van der Waals surface area contributed by atoms with Crippen molar-refractivity contribution in [2.24, 2.45) is 5.41 Å². The Hall–Kier alpha value is -0.570. The zero-order valence-electron chi connectivity index (χ0n) is 8.92. The predicted molar refractivity (Wildman–Crippen MR) is 60.9 cm³/mol. The third kappa shape index (κ3) is 1.92. The summed E-state index contributed by atoms with van der Waals surface area (Å²) < 4.78 is 3.09. The summed E-state index contributed by atoms with van der Waals surface area (Å²) in [5.41, 5.74) is 0.481. The van der Waals surface area contributed by atoms with Crippen LogP contribution in [0.25, 0.3) is 0 Å². The Bertz CT molecular complexity index is 361. The zero-order chi connectivity index (χ0) is 10.2. The molecule has 1 aromatic rings. The SMILES string of the molecule is CC1(C)CCCC(n2cc[nH]c2=S)C1. The van der Waals surface area contributed by atoms with Crippen LogP contribution >= 0.6 is 12.2 Å². The fraction of sp³-hybridized carbons (Fsp3) is 0.727. The molecule has 2 rings (SSSR count). The van der Waals surface area contributed by atoms with Gasteiger partial charge in [0.25, 0.3) is 0 Å². The van der Waals surface area contributed by atoms with E-state index < -0.39 is 0 Å². The van der Waals surface area contributed by atoms with Crippen LogP contribution in [0.1, 0.15) is 45.6 Å². The van der Waals surface area contributed by atoms with Crippen molar-refractivity contribution in [2.75, 3.05) is 0 Å². The minimum absolute atomic E-state index is 0.481. The molecule has 78 valence electrons. The fourth-order valence-electron chi connectivity index (χ4n) is 2.51. The van der Waals surface area contributed by atoms with Crippen LogP contribution in [0.15, 0.2) is 12.4 Å². The number of hydrogen-bond acceptors (Lipinski definition) is 1. The molecule has 0 amide bonds. The van der Waals surface area contributed by atoms with Gasteiger partial charge < -0.3 is 9.55 Å². The first kappa shape index (κ1) is 9.97. The minimum atomic E-state index is 0.481. The predicted octanol–water partition coefficient (Wildman–Crippen LogP) is 3.69. The van der Waals surface area contributed by atoms with E-state index in [-0.39, 0.29) is 0 Å². The Morgan fingerprint density at radius 3 is 2.93 bits per heavy atom. The van der Waals surface area contributed by atoms with E-state index in [1.165, 1.54) is 25.7 Å². The maximum absolute atomic E-state index is 5.25. The number of H-pyrrole nitrogens is 1. The van der Waals surface area contributed by atoms with Crippen LogP contribution in [0.5, 0.6) is 0 Å². The molecular weight excluding hydrogens is 192 g/mol. The summed E-state index contributed by atoms with van der Waals surface area (Å²) in [6, 6.07) is 0.609. The molecule has 1 aliphatic rings. The Labute approximate surface area is 90.3 Å². The Kier molecular flexibility index (Phi) is 2.52. The van der Waals surface area contributed by atoms with Gasteiger partial charge in [0.05, 0.1) is 0 Å². The molecule has 0 aromatic carbocycles. The lowest BCUT2D eigenvalue weighted by Crippen LogP contribution is -2.24. The first-order valence-corrected chi connectivity index (χ1v) is 5.75. The quantitative estimate of drug-likeness (QED) is 0.701. The Balaban J connectivity index is 2.20. The molecule has 0 spiro atoms. The molecule has 1 N–H and O–H groups in total. The molecule has 1 atom stereocenters. The van der Waals surface area contributed by atoms with Crippen molar-refractivity contribution in [3.63, 3.8) is 0 Å². The minimum Gasteiger partial charge on any atom is -0.337 e. The molecule has 1 saturated carbocycles. The highest BCUT2D eigenvalue weighted by Gasteiger charge is 2.28. The zero-order valence-corrected chi connectivity index (χ0v) is 9.73. The summed E-state index contributed by atoms with van der Waals surface area (Å²) in [7, 11) is 0. The highest BCUT2D eigenvalue weighted by Crippen LogP contribution is 2.40. The van der Waals surface area contributed by atoms with E-state index in [4.69, 9.17) is 12.2 Å². The lowest BCUT2D eigenvalue weighted by atomic mass is 9.75. The van der Waals surface area contributed by atoms with E-state index in [1.54, 1.807) is 0 Å². The number of hydrogen-bond donors (Lipinski definition) is 1. The molecule has 1 aromatic heterocycles. The van der Waals surface area contributed by atoms with Crippen molar-refractivity contribution in [3.05, 3.63) is 17.2 Å². The molecule has 14 heavy (non-hydrogen) atoms. The van der Waals surface area contributed by atoms with Crippen molar-refractivity contribution < 1.29 is 0 Å². The third-order valence-corrected chi connectivity index (χ3v) is 3.58. The normalized spacial score (nSPS) is 26.3. The van der Waals surface area contributed by atoms with Gasteiger partial charge in [0.15, 0.2) is 4.77 Å². The molecule has 0 radical (unpaired) electrons. The van der Waals surface area contributed by atoms with Crippen molar-refractivity contribution in [1.82, 2.24) is 9.55 Å². The monoisotopic (exact) mass is 210 g/mol. The number of nitrogens with zero attached hydrogens (tertiary/aromatic N) is 1. The Morgan fingerprint density at radius 2 is 2.36 bits per heavy atom. The molecule has 3 heteroatoms. The summed E-state index contributed by atoms with van der Waals surface area (Å²) in [4.78, 5) is 3.07. The second-order valence-corrected chi connectivity index (χ2v) is 5.47. The molecule has 2 nitrogen and oxygen atoms in total. The van der Waals surface area contributed by atoms with Crippen LogP contribution in [-0.4, -0.2) is 9.55 Å². The summed E-state index contributed by atoms with van der Waals surface area (Å²) in [6.07, 6.45) is 9.21. The molecule has 0 saturated heterocycles. The van der Waals surface area contributed by atoms with Crippen molar-refractivity contribution >= 4 is 12.2 Å². The van der Waals surface area contributed by atoms with Gasteiger partial charge in [0.1, 0.15) is 0 Å². The van der Waals surface area contributed by atoms with Gasteiger partial charge in [0.2, 0.25) is 0 Å². The Morgan fingerprint density at radius 1 is 1.57 bits per heavy atom. The van der Waals surface area contributed by atoms with Crippen LogP contribution in [0.3, 0.4) is 0 Å². The van der Waals surface area contributed by atoms with Crippen molar-refractivity contribution in [3.8, 4) is 0 Å². The molecule has 0 aliphatic heterocycles. The highest BCUT2D eigenvalue weighted by molar-refractivity contribution is 7.71. The molecule has 0 bridgehead atoms. The van der Waals surface area contributed by atoms with Crippen LogP contribution in [0.2, 0.25) is 0 Å². The average molecular weight is 210 g/mol. The molecule has 1 unspecified atom stereocenters. The van der Waals surface area contributed by atoms with E-state index in [1.807, 2.05) is 6.20 Å². The van der Waals surface area contributed by atoms with E-state index in [9.17, 15) is 0 Å². The topological polar surface area (TPSA) is 20.7 Å². The van der Waals surface area contributed by atoms with E-state index in [2.05, 4.69) is 29.6 Å². The summed E-state index contributed by atoms with van der Waals surface area (Å²) in [5, 5.41) is 0. The summed E-state index contributed by atoms with van der Waals surface area (Å²) >= 11 is 5.25. The highest BCUT2D eigenvalue weighted by atomic mass is 32.1. The van der Waals surface area contributed by atoms with Gasteiger partial charge in [-0.25, -0.2) is 0 Å². The maximum Gasteiger partial charge on any atom is 0.177 e. The number of nitrogens with one attached hydrogen (secondary N) is 1. The number of aromatic amines is 1. The van der Waals surface area contributed by atoms with Gasteiger partial charge in [0, 0.05) is 18.4 Å². The lowest BCUT2D eigenvalue weighted by molar-refractivity contribution is 0.182. The van der Waals surface area contributed by atoms with E-state index >= 15 is 0 Å². The van der Waals surface area contributed by atoms with Gasteiger partial charge in [-0.15, -0.1) is 0 Å². The van der Waals surface area contributed by atoms with Gasteiger partial charge in [-0.1, -0.05) is 20.3 Å². The van der Waals surface area contributed by atoms with Gasteiger partial charge in [-0.05, 0) is 36.9 Å². The lowest BCUT2D eigenvalue weighted by Gasteiger charge is -2.35. The van der Waals surface area contributed by atoms with Crippen molar-refractivity contribution in [1.29, 1.82) is 0 Å². The number of imidazole rings is 1. The summed E-state index contributed by atoms with van der Waals surface area (Å²) in [6.45, 7) is 4.71. The van der Waals surface area contributed by atoms with E-state index in [0.29, 0.717) is 11.5 Å². The second-order valence-electron chi connectivity index (χ2n) is 5.09. The number of rotatable bonds is 1. The van der Waals surface area contributed by atoms with Gasteiger partial charge >= 0.3 is 0 Å². The average Bonchev–Trinajstić information content (AvgIpc) is 2.49. The fourth-order valence-corrected chi connectivity index (χ4v) is 2.79. The first-order chi connectivity index (χ1) is 6.58. The summed E-state index contributed by atoms with van der Waals surface area (Å²) in [5.74, 6) is 0. The smallest absolute Gasteiger partial charge is 0.177 e. The first-order valence-electron chi connectivity index (χ1n) is 5.34. The van der Waals surface area contributed by atoms with Crippen LogP contribution in [0, 0.1) is 10.2 Å². The maximum atomic E-state index is 5.25. The van der Waals surface area contributed by atoms with Crippen LogP contribution in [0.4, 0.5) is 0 Å². The van der Waals surface area contributed by atoms with Gasteiger partial charge in [-0.2, -0.15) is 0 Å². The molecule has 1 aliphatic carbocycles. The largest absolute Gasteiger partial charge is 0.337 e. The molecular formula is C11H18N2S. The second kappa shape index (κ2) is 3.54. The molecule has 1 fully saturated rings. The van der Waals surface area contributed by atoms with Crippen LogP contribution < -0.4 is 0 Å². The number of aromatic nitrogens is 2. The van der Waals surface area contributed by atoms with Crippen molar-refractivity contribution in [2.45, 2.75) is 45.6 Å². The molecule has 1 heterocycles. The van der Waals surface area contributed by atoms with E-state index in [0.717, 1.165) is 4.77 Å². The third-order valence-electron chi connectivity index (χ3n) is 3.25. The standard InChI is InChI=1S/C11H18N2S/c1-11(2)5-3-4-9(8-11)13-7-6-12-10(13)14/h6-7,9H,3-5,8H2,1-2H3,(H,12,14). The van der Waals surface area contributed by atoms with Gasteiger partial charge in [-0.3, -0.25) is 0 Å². The van der Waals surface area contributed by atoms with Crippen LogP contribution in [-0.2, 0) is 0 Å².